The molecule has 0 aromatic heterocycles. The van der Waals surface area contributed by atoms with Crippen LogP contribution in [-0.2, 0) is 4.79 Å². The van der Waals surface area contributed by atoms with Crippen molar-refractivity contribution in [3.8, 4) is 5.75 Å². The lowest BCUT2D eigenvalue weighted by Gasteiger charge is -2.20. The molecule has 0 bridgehead atoms. The molecule has 0 aliphatic carbocycles. The van der Waals surface area contributed by atoms with E-state index < -0.39 is 12.1 Å². The lowest BCUT2D eigenvalue weighted by Crippen LogP contribution is -2.43. The number of nitrogens with one attached hydrogen (secondary N) is 1. The average molecular weight is 298 g/mol. The van der Waals surface area contributed by atoms with E-state index in [-0.39, 0.29) is 11.8 Å². The van der Waals surface area contributed by atoms with Crippen LogP contribution in [0.5, 0.6) is 5.75 Å². The molecule has 1 aromatic rings. The smallest absolute Gasteiger partial charge is 0.277 e. The molecule has 1 N–H and O–H groups in total. The summed E-state index contributed by atoms with van der Waals surface area (Å²) in [6.07, 6.45) is -0.409. The van der Waals surface area contributed by atoms with E-state index in [1.165, 1.54) is 0 Å². The number of hydrogen-bond donors (Lipinski definition) is 1. The predicted octanol–water partition coefficient (Wildman–Crippen LogP) is 1.82. The molecule has 0 saturated heterocycles. The minimum atomic E-state index is -0.551. The van der Waals surface area contributed by atoms with Gasteiger partial charge in [-0.25, -0.2) is 4.99 Å². The van der Waals surface area contributed by atoms with Crippen LogP contribution in [0.3, 0.4) is 0 Å². The fourth-order valence-electron chi connectivity index (χ4n) is 2.38. The van der Waals surface area contributed by atoms with Crippen molar-refractivity contribution in [1.82, 2.24) is 5.43 Å². The van der Waals surface area contributed by atoms with Crippen LogP contribution in [-0.4, -0.2) is 35.3 Å². The number of carbonyl (C=O) groups is 1. The first-order chi connectivity index (χ1) is 10.6. The summed E-state index contributed by atoms with van der Waals surface area (Å²) in [5.74, 6) is 1.02. The van der Waals surface area contributed by atoms with Gasteiger partial charge in [-0.1, -0.05) is 32.0 Å². The van der Waals surface area contributed by atoms with Crippen LogP contribution >= 0.6 is 0 Å². The van der Waals surface area contributed by atoms with Crippen molar-refractivity contribution >= 4 is 23.2 Å². The molecule has 0 spiro atoms. The summed E-state index contributed by atoms with van der Waals surface area (Å²) in [6.45, 7) is 5.87. The van der Waals surface area contributed by atoms with Gasteiger partial charge in [-0.05, 0) is 25.0 Å². The van der Waals surface area contributed by atoms with Gasteiger partial charge in [-0.3, -0.25) is 10.2 Å². The first kappa shape index (κ1) is 14.4. The van der Waals surface area contributed by atoms with Gasteiger partial charge >= 0.3 is 0 Å². The molecule has 2 heterocycles. The van der Waals surface area contributed by atoms with E-state index in [0.717, 1.165) is 11.5 Å². The zero-order valence-corrected chi connectivity index (χ0v) is 12.8. The second-order valence-corrected chi connectivity index (χ2v) is 5.59. The highest BCUT2D eigenvalue weighted by atomic mass is 16.5. The van der Waals surface area contributed by atoms with Crippen molar-refractivity contribution in [3.63, 3.8) is 0 Å². The zero-order valence-electron chi connectivity index (χ0n) is 12.8. The van der Waals surface area contributed by atoms with Gasteiger partial charge in [-0.2, -0.15) is 10.1 Å². The second kappa shape index (κ2) is 5.71. The van der Waals surface area contributed by atoms with Gasteiger partial charge in [0.15, 0.2) is 18.0 Å². The minimum absolute atomic E-state index is 0.189. The Kier molecular flexibility index (Phi) is 3.75. The van der Waals surface area contributed by atoms with Crippen LogP contribution in [0.2, 0.25) is 0 Å². The summed E-state index contributed by atoms with van der Waals surface area (Å²) in [4.78, 5) is 20.7. The van der Waals surface area contributed by atoms with Gasteiger partial charge in [0.2, 0.25) is 0 Å². The number of rotatable bonds is 4. The number of carbonyl (C=O) groups excluding carboxylic acids is 1. The molecule has 0 saturated carbocycles. The van der Waals surface area contributed by atoms with Crippen LogP contribution in [0.25, 0.3) is 0 Å². The third-order valence-electron chi connectivity index (χ3n) is 3.52. The third-order valence-corrected chi connectivity index (χ3v) is 3.52. The number of nitrogens with zero attached hydrogens (tertiary/aromatic N) is 3. The number of hydrazone groups is 1. The van der Waals surface area contributed by atoms with Crippen LogP contribution in [0, 0.1) is 5.92 Å². The minimum Gasteiger partial charge on any atom is -0.483 e. The average Bonchev–Trinajstić information content (AvgIpc) is 2.93. The van der Waals surface area contributed by atoms with Crippen molar-refractivity contribution in [3.05, 3.63) is 30.3 Å². The number of amides is 1. The molecule has 2 aliphatic heterocycles. The summed E-state index contributed by atoms with van der Waals surface area (Å²) in [7, 11) is 0. The molecule has 2 aliphatic rings. The standard InChI is InChI=1S/C16H18N4O2/c1-9(2)12-13-14(20-19-12)16(21)18-15(17-13)10(3)22-11-7-5-4-6-8-11/h4-10,14,20H,1-3H3. The molecule has 22 heavy (non-hydrogen) atoms. The summed E-state index contributed by atoms with van der Waals surface area (Å²) in [6, 6.07) is 8.86. The van der Waals surface area contributed by atoms with Crippen LogP contribution in [0.15, 0.2) is 45.4 Å². The molecule has 6 nitrogen and oxygen atoms in total. The summed E-state index contributed by atoms with van der Waals surface area (Å²) in [5, 5.41) is 4.21. The summed E-state index contributed by atoms with van der Waals surface area (Å²) >= 11 is 0. The highest BCUT2D eigenvalue weighted by Crippen LogP contribution is 2.18. The Morgan fingerprint density at radius 3 is 2.55 bits per heavy atom. The fraction of sp³-hybridized carbons (Fsp3) is 0.375. The number of ether oxygens (including phenoxy) is 1. The van der Waals surface area contributed by atoms with Crippen molar-refractivity contribution in [2.24, 2.45) is 21.0 Å². The SMILES string of the molecule is CC(C)C1=NNC2C(=O)N=C(C(C)Oc3ccccc3)N=C12. The molecule has 1 amide bonds. The van der Waals surface area contributed by atoms with Gasteiger partial charge in [0.1, 0.15) is 5.75 Å². The topological polar surface area (TPSA) is 75.4 Å². The molecule has 3 rings (SSSR count). The first-order valence-corrected chi connectivity index (χ1v) is 7.32. The van der Waals surface area contributed by atoms with E-state index in [2.05, 4.69) is 20.5 Å². The number of fused-ring (bicyclic) bond motifs is 1. The Bertz CT molecular complexity index is 677. The Morgan fingerprint density at radius 2 is 1.86 bits per heavy atom. The zero-order chi connectivity index (χ0) is 15.7. The van der Waals surface area contributed by atoms with Gasteiger partial charge < -0.3 is 4.74 Å². The van der Waals surface area contributed by atoms with E-state index in [1.807, 2.05) is 51.1 Å². The summed E-state index contributed by atoms with van der Waals surface area (Å²) in [5.41, 5.74) is 4.27. The van der Waals surface area contributed by atoms with E-state index in [9.17, 15) is 4.79 Å². The lowest BCUT2D eigenvalue weighted by molar-refractivity contribution is -0.118. The predicted molar refractivity (Wildman–Crippen MR) is 85.6 cm³/mol. The maximum atomic E-state index is 12.2. The Hall–Kier alpha value is -2.50. The molecular weight excluding hydrogens is 280 g/mol. The Morgan fingerprint density at radius 1 is 1.14 bits per heavy atom. The molecule has 0 radical (unpaired) electrons. The molecule has 2 atom stereocenters. The van der Waals surface area contributed by atoms with Gasteiger partial charge in [0.05, 0.1) is 11.4 Å². The second-order valence-electron chi connectivity index (χ2n) is 5.59. The number of aliphatic imine (C=N–C) groups is 2. The first-order valence-electron chi connectivity index (χ1n) is 7.32. The van der Waals surface area contributed by atoms with Crippen molar-refractivity contribution in [2.75, 3.05) is 0 Å². The van der Waals surface area contributed by atoms with Gasteiger partial charge in [0, 0.05) is 0 Å². The highest BCUT2D eigenvalue weighted by Gasteiger charge is 2.38. The normalized spacial score (nSPS) is 21.5. The van der Waals surface area contributed by atoms with Crippen molar-refractivity contribution < 1.29 is 9.53 Å². The molecule has 2 unspecified atom stereocenters. The Balaban J connectivity index is 1.83. The molecule has 0 fully saturated rings. The van der Waals surface area contributed by atoms with Gasteiger partial charge in [-0.15, -0.1) is 0 Å². The quantitative estimate of drug-likeness (QED) is 0.921. The molecular formula is C16H18N4O2. The third kappa shape index (κ3) is 2.64. The van der Waals surface area contributed by atoms with Crippen LogP contribution in [0.1, 0.15) is 20.8 Å². The molecule has 114 valence electrons. The van der Waals surface area contributed by atoms with E-state index in [0.29, 0.717) is 11.5 Å². The fourth-order valence-corrected chi connectivity index (χ4v) is 2.38. The monoisotopic (exact) mass is 298 g/mol. The number of benzene rings is 1. The van der Waals surface area contributed by atoms with Crippen molar-refractivity contribution in [1.29, 1.82) is 0 Å². The lowest BCUT2D eigenvalue weighted by atomic mass is 9.98. The number of amidine groups is 1. The largest absolute Gasteiger partial charge is 0.483 e. The number of para-hydroxylation sites is 1. The van der Waals surface area contributed by atoms with Gasteiger partial charge in [0.25, 0.3) is 5.91 Å². The summed E-state index contributed by atoms with van der Waals surface area (Å²) < 4.78 is 5.80. The van der Waals surface area contributed by atoms with Crippen molar-refractivity contribution in [2.45, 2.75) is 32.9 Å². The number of hydrogen-bond acceptors (Lipinski definition) is 5. The van der Waals surface area contributed by atoms with E-state index >= 15 is 0 Å². The van der Waals surface area contributed by atoms with Crippen LogP contribution in [0.4, 0.5) is 0 Å². The van der Waals surface area contributed by atoms with Crippen LogP contribution < -0.4 is 10.2 Å². The highest BCUT2D eigenvalue weighted by molar-refractivity contribution is 6.52. The van der Waals surface area contributed by atoms with E-state index in [1.54, 1.807) is 0 Å². The molecule has 6 heteroatoms. The Labute approximate surface area is 129 Å². The molecule has 1 aromatic carbocycles. The van der Waals surface area contributed by atoms with E-state index in [4.69, 9.17) is 4.74 Å². The maximum absolute atomic E-state index is 12.2. The maximum Gasteiger partial charge on any atom is 0.277 e.